The molecule has 0 amide bonds. The molecular weight excluding hydrogens is 236 g/mol. The number of fused-ring (bicyclic) bond motifs is 1. The van der Waals surface area contributed by atoms with Crippen molar-refractivity contribution in [3.05, 3.63) is 0 Å². The van der Waals surface area contributed by atoms with Crippen molar-refractivity contribution in [3.8, 4) is 6.07 Å². The third-order valence-corrected chi connectivity index (χ3v) is 4.95. The van der Waals surface area contributed by atoms with Gasteiger partial charge in [-0.3, -0.25) is 10.2 Å². The number of rotatable bonds is 5. The van der Waals surface area contributed by atoms with Gasteiger partial charge in [0.05, 0.1) is 6.07 Å². The predicted octanol–water partition coefficient (Wildman–Crippen LogP) is 1.19. The summed E-state index contributed by atoms with van der Waals surface area (Å²) in [5.41, 5.74) is -0.325. The van der Waals surface area contributed by atoms with E-state index in [1.807, 2.05) is 0 Å². The van der Waals surface area contributed by atoms with E-state index in [-0.39, 0.29) is 5.54 Å². The molecule has 2 unspecified atom stereocenters. The molecule has 4 nitrogen and oxygen atoms in total. The van der Waals surface area contributed by atoms with Gasteiger partial charge in [-0.2, -0.15) is 5.26 Å². The molecule has 2 heterocycles. The van der Waals surface area contributed by atoms with E-state index in [0.29, 0.717) is 6.04 Å². The maximum atomic E-state index is 9.40. The fraction of sp³-hybridized carbons (Fsp3) is 0.933. The first-order valence-corrected chi connectivity index (χ1v) is 7.84. The Morgan fingerprint density at radius 2 is 2.11 bits per heavy atom. The van der Waals surface area contributed by atoms with Crippen molar-refractivity contribution < 1.29 is 0 Å². The quantitative estimate of drug-likeness (QED) is 0.808. The van der Waals surface area contributed by atoms with E-state index in [0.717, 1.165) is 19.0 Å². The van der Waals surface area contributed by atoms with Crippen LogP contribution in [0.2, 0.25) is 0 Å². The molecule has 0 aromatic carbocycles. The largest absolute Gasteiger partial charge is 0.300 e. The average Bonchev–Trinajstić information content (AvgIpc) is 3.10. The van der Waals surface area contributed by atoms with Gasteiger partial charge in [-0.25, -0.2) is 0 Å². The van der Waals surface area contributed by atoms with E-state index in [4.69, 9.17) is 0 Å². The SMILES string of the molecule is CC(C#N)(CCN1CCN2CCCC2C1)NC1CC1. The lowest BCUT2D eigenvalue weighted by atomic mass is 9.98. The van der Waals surface area contributed by atoms with E-state index in [1.165, 1.54) is 51.9 Å². The normalized spacial score (nSPS) is 31.7. The highest BCUT2D eigenvalue weighted by Gasteiger charge is 2.34. The van der Waals surface area contributed by atoms with Crippen molar-refractivity contribution in [2.24, 2.45) is 0 Å². The Morgan fingerprint density at radius 3 is 2.84 bits per heavy atom. The second-order valence-corrected chi connectivity index (χ2v) is 6.75. The molecule has 2 aliphatic heterocycles. The molecule has 4 heteroatoms. The molecule has 2 saturated heterocycles. The summed E-state index contributed by atoms with van der Waals surface area (Å²) in [6.45, 7) is 8.05. The van der Waals surface area contributed by atoms with Gasteiger partial charge in [0.15, 0.2) is 0 Å². The third-order valence-electron chi connectivity index (χ3n) is 4.95. The first-order chi connectivity index (χ1) is 9.18. The molecule has 0 aromatic rings. The Kier molecular flexibility index (Phi) is 3.79. The molecule has 0 bridgehead atoms. The Labute approximate surface area is 116 Å². The van der Waals surface area contributed by atoms with Crippen LogP contribution in [0.5, 0.6) is 0 Å². The van der Waals surface area contributed by atoms with Crippen molar-refractivity contribution in [1.29, 1.82) is 5.26 Å². The van der Waals surface area contributed by atoms with Crippen molar-refractivity contribution >= 4 is 0 Å². The van der Waals surface area contributed by atoms with Crippen LogP contribution in [0.3, 0.4) is 0 Å². The Morgan fingerprint density at radius 1 is 1.26 bits per heavy atom. The summed E-state index contributed by atoms with van der Waals surface area (Å²) in [5.74, 6) is 0. The fourth-order valence-corrected chi connectivity index (χ4v) is 3.48. The molecule has 0 radical (unpaired) electrons. The van der Waals surface area contributed by atoms with Gasteiger partial charge in [-0.15, -0.1) is 0 Å². The van der Waals surface area contributed by atoms with Gasteiger partial charge in [0.25, 0.3) is 0 Å². The minimum absolute atomic E-state index is 0.325. The summed E-state index contributed by atoms with van der Waals surface area (Å²) in [6.07, 6.45) is 6.19. The van der Waals surface area contributed by atoms with Crippen LogP contribution in [-0.4, -0.2) is 60.1 Å². The molecule has 3 aliphatic rings. The zero-order valence-electron chi connectivity index (χ0n) is 12.1. The highest BCUT2D eigenvalue weighted by molar-refractivity contribution is 5.07. The fourth-order valence-electron chi connectivity index (χ4n) is 3.48. The first kappa shape index (κ1) is 13.4. The lowest BCUT2D eigenvalue weighted by Crippen LogP contribution is -2.52. The number of hydrogen-bond acceptors (Lipinski definition) is 4. The van der Waals surface area contributed by atoms with Crippen molar-refractivity contribution in [3.63, 3.8) is 0 Å². The number of hydrogen-bond donors (Lipinski definition) is 1. The van der Waals surface area contributed by atoms with E-state index in [9.17, 15) is 5.26 Å². The number of nitrogens with zero attached hydrogens (tertiary/aromatic N) is 3. The van der Waals surface area contributed by atoms with Gasteiger partial charge < -0.3 is 4.90 Å². The van der Waals surface area contributed by atoms with Crippen LogP contribution in [0.25, 0.3) is 0 Å². The van der Waals surface area contributed by atoms with E-state index >= 15 is 0 Å². The predicted molar refractivity (Wildman–Crippen MR) is 75.8 cm³/mol. The molecule has 3 fully saturated rings. The van der Waals surface area contributed by atoms with E-state index in [1.54, 1.807) is 0 Å². The van der Waals surface area contributed by atoms with Crippen molar-refractivity contribution in [1.82, 2.24) is 15.1 Å². The Bertz CT molecular complexity index is 360. The molecule has 2 atom stereocenters. The second kappa shape index (κ2) is 5.40. The van der Waals surface area contributed by atoms with Crippen LogP contribution < -0.4 is 5.32 Å². The summed E-state index contributed by atoms with van der Waals surface area (Å²) >= 11 is 0. The standard InChI is InChI=1S/C15H26N4/c1-15(12-16,17-13-4-5-13)6-8-18-9-10-19-7-2-3-14(19)11-18/h13-14,17H,2-11H2,1H3. The summed E-state index contributed by atoms with van der Waals surface area (Å²) in [5, 5.41) is 12.9. The minimum Gasteiger partial charge on any atom is -0.300 e. The van der Waals surface area contributed by atoms with Gasteiger partial charge in [0.2, 0.25) is 0 Å². The lowest BCUT2D eigenvalue weighted by molar-refractivity contribution is 0.0989. The average molecular weight is 262 g/mol. The van der Waals surface area contributed by atoms with Crippen LogP contribution >= 0.6 is 0 Å². The van der Waals surface area contributed by atoms with Crippen molar-refractivity contribution in [2.45, 2.75) is 56.7 Å². The van der Waals surface area contributed by atoms with Crippen molar-refractivity contribution in [2.75, 3.05) is 32.7 Å². The number of piperazine rings is 1. The summed E-state index contributed by atoms with van der Waals surface area (Å²) in [6, 6.07) is 3.89. The molecule has 1 saturated carbocycles. The lowest BCUT2D eigenvalue weighted by Gasteiger charge is -2.38. The summed E-state index contributed by atoms with van der Waals surface area (Å²) in [7, 11) is 0. The topological polar surface area (TPSA) is 42.3 Å². The van der Waals surface area contributed by atoms with E-state index in [2.05, 4.69) is 28.1 Å². The Hall–Kier alpha value is -0.630. The van der Waals surface area contributed by atoms with Gasteiger partial charge in [-0.05, 0) is 45.6 Å². The van der Waals surface area contributed by atoms with Crippen LogP contribution in [0.1, 0.15) is 39.0 Å². The van der Waals surface area contributed by atoms with Gasteiger partial charge in [-0.1, -0.05) is 0 Å². The van der Waals surface area contributed by atoms with E-state index < -0.39 is 0 Å². The first-order valence-electron chi connectivity index (χ1n) is 7.84. The van der Waals surface area contributed by atoms with Gasteiger partial charge in [0.1, 0.15) is 5.54 Å². The molecule has 19 heavy (non-hydrogen) atoms. The summed E-state index contributed by atoms with van der Waals surface area (Å²) < 4.78 is 0. The molecule has 3 rings (SSSR count). The zero-order chi connectivity index (χ0) is 13.3. The van der Waals surface area contributed by atoms with Gasteiger partial charge in [0, 0.05) is 38.3 Å². The number of nitrogens with one attached hydrogen (secondary N) is 1. The zero-order valence-corrected chi connectivity index (χ0v) is 12.1. The second-order valence-electron chi connectivity index (χ2n) is 6.75. The molecule has 1 N–H and O–H groups in total. The van der Waals surface area contributed by atoms with Crippen LogP contribution in [0, 0.1) is 11.3 Å². The van der Waals surface area contributed by atoms with Crippen LogP contribution in [-0.2, 0) is 0 Å². The molecule has 106 valence electrons. The maximum Gasteiger partial charge on any atom is 0.105 e. The molecule has 0 spiro atoms. The molecule has 1 aliphatic carbocycles. The highest BCUT2D eigenvalue weighted by atomic mass is 15.3. The molecular formula is C15H26N4. The monoisotopic (exact) mass is 262 g/mol. The smallest absolute Gasteiger partial charge is 0.105 e. The minimum atomic E-state index is -0.325. The summed E-state index contributed by atoms with van der Waals surface area (Å²) in [4.78, 5) is 5.21. The van der Waals surface area contributed by atoms with Crippen LogP contribution in [0.4, 0.5) is 0 Å². The number of nitriles is 1. The Balaban J connectivity index is 1.47. The van der Waals surface area contributed by atoms with Crippen LogP contribution in [0.15, 0.2) is 0 Å². The highest BCUT2D eigenvalue weighted by Crippen LogP contribution is 2.25. The molecule has 0 aromatic heterocycles. The third kappa shape index (κ3) is 3.28. The maximum absolute atomic E-state index is 9.40. The van der Waals surface area contributed by atoms with Gasteiger partial charge >= 0.3 is 0 Å².